The minimum atomic E-state index is -0.532. The molecule has 194 valence electrons. The Morgan fingerprint density at radius 2 is 1.50 bits per heavy atom. The number of aryl methyl sites for hydroxylation is 2. The SMILES string of the molecule is COC(=O)C1(c2ccc(-c3ccc(-c4c(NC(=O)OC(C)c5ccccc5)c(C)nn4C)cc3)cc2)CC1. The standard InChI is InChI=1S/C31H31N3O4/c1-20-27(32-30(36)38-21(2)22-8-6-5-7-9-22)28(34(3)33-20)25-12-10-23(11-13-25)24-14-16-26(17-15-24)31(18-19-31)29(35)37-4/h5-17,21H,18-19H2,1-4H3,(H,32,36). The van der Waals surface area contributed by atoms with Gasteiger partial charge in [0.25, 0.3) is 0 Å². The number of anilines is 1. The zero-order valence-corrected chi connectivity index (χ0v) is 22.0. The topological polar surface area (TPSA) is 82.4 Å². The van der Waals surface area contributed by atoms with Gasteiger partial charge in [-0.3, -0.25) is 14.8 Å². The molecule has 1 amide bonds. The first-order valence-electron chi connectivity index (χ1n) is 12.7. The molecular weight excluding hydrogens is 478 g/mol. The Bertz CT molecular complexity index is 1450. The molecule has 1 aliphatic carbocycles. The first kappa shape index (κ1) is 25.3. The molecule has 0 radical (unpaired) electrons. The Hall–Kier alpha value is -4.39. The Labute approximate surface area is 222 Å². The lowest BCUT2D eigenvalue weighted by molar-refractivity contribution is -0.143. The number of carbonyl (C=O) groups is 2. The summed E-state index contributed by atoms with van der Waals surface area (Å²) in [5, 5.41) is 7.43. The highest BCUT2D eigenvalue weighted by molar-refractivity contribution is 5.92. The third kappa shape index (κ3) is 4.79. The monoisotopic (exact) mass is 509 g/mol. The second kappa shape index (κ2) is 10.2. The maximum Gasteiger partial charge on any atom is 0.412 e. The number of hydrogen-bond acceptors (Lipinski definition) is 5. The summed E-state index contributed by atoms with van der Waals surface area (Å²) >= 11 is 0. The second-order valence-electron chi connectivity index (χ2n) is 9.74. The van der Waals surface area contributed by atoms with Crippen LogP contribution in [-0.2, 0) is 26.7 Å². The van der Waals surface area contributed by atoms with Crippen LogP contribution in [-0.4, -0.2) is 29.0 Å². The molecule has 0 spiro atoms. The van der Waals surface area contributed by atoms with Gasteiger partial charge in [0, 0.05) is 12.6 Å². The summed E-state index contributed by atoms with van der Waals surface area (Å²) in [6, 6.07) is 25.8. The Kier molecular flexibility index (Phi) is 6.76. The molecule has 38 heavy (non-hydrogen) atoms. The molecule has 4 aromatic rings. The lowest BCUT2D eigenvalue weighted by Crippen LogP contribution is -2.21. The minimum absolute atomic E-state index is 0.163. The van der Waals surface area contributed by atoms with Crippen LogP contribution in [0.3, 0.4) is 0 Å². The molecule has 0 bridgehead atoms. The number of amides is 1. The molecule has 1 saturated carbocycles. The maximum atomic E-state index is 12.7. The van der Waals surface area contributed by atoms with Crippen molar-refractivity contribution in [2.45, 2.75) is 38.2 Å². The van der Waals surface area contributed by atoms with Crippen LogP contribution in [0.25, 0.3) is 22.4 Å². The Morgan fingerprint density at radius 1 is 0.921 bits per heavy atom. The normalized spacial score (nSPS) is 14.4. The van der Waals surface area contributed by atoms with Crippen LogP contribution < -0.4 is 5.32 Å². The van der Waals surface area contributed by atoms with E-state index in [1.165, 1.54) is 7.11 Å². The van der Waals surface area contributed by atoms with Gasteiger partial charge in [-0.25, -0.2) is 4.79 Å². The number of rotatable bonds is 7. The van der Waals surface area contributed by atoms with E-state index in [1.807, 2.05) is 99.8 Å². The van der Waals surface area contributed by atoms with E-state index in [1.54, 1.807) is 4.68 Å². The zero-order chi connectivity index (χ0) is 26.9. The van der Waals surface area contributed by atoms with E-state index >= 15 is 0 Å². The molecule has 5 rings (SSSR count). The molecule has 7 heteroatoms. The molecule has 1 atom stereocenters. The van der Waals surface area contributed by atoms with Crippen LogP contribution in [0, 0.1) is 6.92 Å². The van der Waals surface area contributed by atoms with Crippen LogP contribution in [0.4, 0.5) is 10.5 Å². The third-order valence-corrected chi connectivity index (χ3v) is 7.26. The van der Waals surface area contributed by atoms with Crippen molar-refractivity contribution in [3.05, 3.63) is 95.7 Å². The van der Waals surface area contributed by atoms with Gasteiger partial charge in [0.05, 0.1) is 29.6 Å². The van der Waals surface area contributed by atoms with Gasteiger partial charge in [0.2, 0.25) is 0 Å². The quantitative estimate of drug-likeness (QED) is 0.285. The van der Waals surface area contributed by atoms with Crippen molar-refractivity contribution in [2.24, 2.45) is 7.05 Å². The smallest absolute Gasteiger partial charge is 0.412 e. The van der Waals surface area contributed by atoms with Gasteiger partial charge >= 0.3 is 12.1 Å². The molecule has 0 aliphatic heterocycles. The van der Waals surface area contributed by atoms with Crippen molar-refractivity contribution >= 4 is 17.7 Å². The van der Waals surface area contributed by atoms with Gasteiger partial charge in [-0.1, -0.05) is 78.9 Å². The highest BCUT2D eigenvalue weighted by atomic mass is 16.6. The number of carbonyl (C=O) groups excluding carboxylic acids is 2. The second-order valence-corrected chi connectivity index (χ2v) is 9.74. The fourth-order valence-corrected chi connectivity index (χ4v) is 4.96. The first-order valence-corrected chi connectivity index (χ1v) is 12.7. The Morgan fingerprint density at radius 3 is 2.08 bits per heavy atom. The number of methoxy groups -OCH3 is 1. The van der Waals surface area contributed by atoms with Crippen molar-refractivity contribution in [2.75, 3.05) is 12.4 Å². The lowest BCUT2D eigenvalue weighted by atomic mass is 9.93. The molecule has 1 N–H and O–H groups in total. The molecule has 3 aromatic carbocycles. The van der Waals surface area contributed by atoms with E-state index in [-0.39, 0.29) is 12.1 Å². The summed E-state index contributed by atoms with van der Waals surface area (Å²) in [5.41, 5.74) is 6.58. The van der Waals surface area contributed by atoms with Gasteiger partial charge in [0.1, 0.15) is 6.10 Å². The number of nitrogens with one attached hydrogen (secondary N) is 1. The van der Waals surface area contributed by atoms with Crippen LogP contribution in [0.2, 0.25) is 0 Å². The number of esters is 1. The largest absolute Gasteiger partial charge is 0.468 e. The van der Waals surface area contributed by atoms with Crippen molar-refractivity contribution < 1.29 is 19.1 Å². The number of hydrogen-bond donors (Lipinski definition) is 1. The van der Waals surface area contributed by atoms with E-state index in [4.69, 9.17) is 9.47 Å². The maximum absolute atomic E-state index is 12.7. The van der Waals surface area contributed by atoms with Gasteiger partial charge in [-0.05, 0) is 48.9 Å². The van der Waals surface area contributed by atoms with Crippen molar-refractivity contribution in [1.29, 1.82) is 0 Å². The highest BCUT2D eigenvalue weighted by Gasteiger charge is 2.52. The summed E-state index contributed by atoms with van der Waals surface area (Å²) in [6.45, 7) is 3.70. The fraction of sp³-hybridized carbons (Fsp3) is 0.258. The molecule has 1 heterocycles. The average molecular weight is 510 g/mol. The van der Waals surface area contributed by atoms with Gasteiger partial charge in [-0.15, -0.1) is 0 Å². The number of nitrogens with zero attached hydrogens (tertiary/aromatic N) is 2. The van der Waals surface area contributed by atoms with E-state index < -0.39 is 11.5 Å². The van der Waals surface area contributed by atoms with Gasteiger partial charge in [-0.2, -0.15) is 5.10 Å². The van der Waals surface area contributed by atoms with Crippen molar-refractivity contribution in [3.63, 3.8) is 0 Å². The fourth-order valence-electron chi connectivity index (χ4n) is 4.96. The summed E-state index contributed by atoms with van der Waals surface area (Å²) < 4.78 is 12.4. The molecular formula is C31H31N3O4. The van der Waals surface area contributed by atoms with Crippen LogP contribution >= 0.6 is 0 Å². The molecule has 1 aromatic heterocycles. The third-order valence-electron chi connectivity index (χ3n) is 7.26. The van der Waals surface area contributed by atoms with Crippen LogP contribution in [0.5, 0.6) is 0 Å². The molecule has 7 nitrogen and oxygen atoms in total. The average Bonchev–Trinajstić information content (AvgIpc) is 3.70. The van der Waals surface area contributed by atoms with Crippen molar-refractivity contribution in [1.82, 2.24) is 9.78 Å². The molecule has 1 aliphatic rings. The molecule has 0 saturated heterocycles. The van der Waals surface area contributed by atoms with Crippen molar-refractivity contribution in [3.8, 4) is 22.4 Å². The van der Waals surface area contributed by atoms with E-state index in [0.717, 1.165) is 46.4 Å². The van der Waals surface area contributed by atoms with E-state index in [0.29, 0.717) is 11.4 Å². The number of benzene rings is 3. The molecule has 1 unspecified atom stereocenters. The van der Waals surface area contributed by atoms with E-state index in [2.05, 4.69) is 10.4 Å². The number of ether oxygens (including phenoxy) is 2. The summed E-state index contributed by atoms with van der Waals surface area (Å²) in [7, 11) is 3.30. The predicted molar refractivity (Wildman–Crippen MR) is 147 cm³/mol. The minimum Gasteiger partial charge on any atom is -0.468 e. The summed E-state index contributed by atoms with van der Waals surface area (Å²) in [5.74, 6) is -0.163. The van der Waals surface area contributed by atoms with Crippen LogP contribution in [0.15, 0.2) is 78.9 Å². The Balaban J connectivity index is 1.33. The number of aromatic nitrogens is 2. The summed E-state index contributed by atoms with van der Waals surface area (Å²) in [6.07, 6.45) is 0.736. The lowest BCUT2D eigenvalue weighted by Gasteiger charge is -2.15. The predicted octanol–water partition coefficient (Wildman–Crippen LogP) is 6.58. The zero-order valence-electron chi connectivity index (χ0n) is 22.0. The molecule has 1 fully saturated rings. The highest BCUT2D eigenvalue weighted by Crippen LogP contribution is 2.49. The van der Waals surface area contributed by atoms with Gasteiger partial charge < -0.3 is 9.47 Å². The van der Waals surface area contributed by atoms with Gasteiger partial charge in [0.15, 0.2) is 0 Å². The van der Waals surface area contributed by atoms with E-state index in [9.17, 15) is 9.59 Å². The summed E-state index contributed by atoms with van der Waals surface area (Å²) in [4.78, 5) is 24.9. The first-order chi connectivity index (χ1) is 18.3. The van der Waals surface area contributed by atoms with Crippen LogP contribution in [0.1, 0.15) is 42.7 Å².